The van der Waals surface area contributed by atoms with Gasteiger partial charge in [0, 0.05) is 12.7 Å². The maximum Gasteiger partial charge on any atom is 0.341 e. The molecule has 0 atom stereocenters. The van der Waals surface area contributed by atoms with Crippen molar-refractivity contribution >= 4 is 17.9 Å². The van der Waals surface area contributed by atoms with Crippen molar-refractivity contribution in [3.05, 3.63) is 17.5 Å². The lowest BCUT2D eigenvalue weighted by Crippen LogP contribution is -2.33. The molecule has 1 rings (SSSR count). The SMILES string of the molecule is CCCN(CC(=O)OC)c1ncc(C(=O)OCC)c(C)n1. The highest BCUT2D eigenvalue weighted by molar-refractivity contribution is 5.90. The van der Waals surface area contributed by atoms with Gasteiger partial charge in [-0.15, -0.1) is 0 Å². The van der Waals surface area contributed by atoms with Crippen molar-refractivity contribution in [2.75, 3.05) is 31.7 Å². The molecule has 0 aromatic carbocycles. The molecule has 1 heterocycles. The summed E-state index contributed by atoms with van der Waals surface area (Å²) in [5.74, 6) is -0.413. The summed E-state index contributed by atoms with van der Waals surface area (Å²) < 4.78 is 9.59. The third-order valence-electron chi connectivity index (χ3n) is 2.79. The molecule has 0 radical (unpaired) electrons. The quantitative estimate of drug-likeness (QED) is 0.702. The van der Waals surface area contributed by atoms with E-state index in [0.717, 1.165) is 6.42 Å². The van der Waals surface area contributed by atoms with Crippen LogP contribution in [0.25, 0.3) is 0 Å². The lowest BCUT2D eigenvalue weighted by Gasteiger charge is -2.21. The predicted molar refractivity (Wildman–Crippen MR) is 77.2 cm³/mol. The number of hydrogen-bond donors (Lipinski definition) is 0. The van der Waals surface area contributed by atoms with Crippen molar-refractivity contribution in [2.24, 2.45) is 0 Å². The highest BCUT2D eigenvalue weighted by Gasteiger charge is 2.17. The summed E-state index contributed by atoms with van der Waals surface area (Å²) in [7, 11) is 1.34. The van der Waals surface area contributed by atoms with Gasteiger partial charge in [-0.05, 0) is 20.3 Å². The second kappa shape index (κ2) is 8.18. The van der Waals surface area contributed by atoms with Crippen LogP contribution < -0.4 is 4.90 Å². The van der Waals surface area contributed by atoms with Crippen molar-refractivity contribution in [1.82, 2.24) is 9.97 Å². The molecule has 0 amide bonds. The maximum absolute atomic E-state index is 11.7. The molecule has 7 heteroatoms. The van der Waals surface area contributed by atoms with E-state index in [-0.39, 0.29) is 12.5 Å². The minimum Gasteiger partial charge on any atom is -0.468 e. The average molecular weight is 295 g/mol. The summed E-state index contributed by atoms with van der Waals surface area (Å²) in [6.07, 6.45) is 2.26. The molecule has 1 aromatic rings. The first kappa shape index (κ1) is 16.9. The predicted octanol–water partition coefficient (Wildman–Crippen LogP) is 1.35. The fourth-order valence-electron chi connectivity index (χ4n) is 1.76. The second-order valence-corrected chi connectivity index (χ2v) is 4.39. The van der Waals surface area contributed by atoms with Gasteiger partial charge in [0.2, 0.25) is 5.95 Å². The summed E-state index contributed by atoms with van der Waals surface area (Å²) in [5, 5.41) is 0. The van der Waals surface area contributed by atoms with E-state index in [1.54, 1.807) is 18.7 Å². The molecule has 0 N–H and O–H groups in total. The largest absolute Gasteiger partial charge is 0.468 e. The third-order valence-corrected chi connectivity index (χ3v) is 2.79. The topological polar surface area (TPSA) is 81.6 Å². The molecule has 0 saturated heterocycles. The van der Waals surface area contributed by atoms with Crippen molar-refractivity contribution in [3.63, 3.8) is 0 Å². The zero-order valence-corrected chi connectivity index (χ0v) is 12.9. The van der Waals surface area contributed by atoms with Crippen LogP contribution >= 0.6 is 0 Å². The van der Waals surface area contributed by atoms with Crippen molar-refractivity contribution < 1.29 is 19.1 Å². The smallest absolute Gasteiger partial charge is 0.341 e. The molecular weight excluding hydrogens is 274 g/mol. The number of carbonyl (C=O) groups is 2. The van der Waals surface area contributed by atoms with Crippen LogP contribution in [-0.2, 0) is 14.3 Å². The van der Waals surface area contributed by atoms with Gasteiger partial charge in [-0.1, -0.05) is 6.92 Å². The first-order valence-corrected chi connectivity index (χ1v) is 6.85. The van der Waals surface area contributed by atoms with E-state index in [4.69, 9.17) is 4.74 Å². The van der Waals surface area contributed by atoms with E-state index in [1.807, 2.05) is 6.92 Å². The number of hydrogen-bond acceptors (Lipinski definition) is 7. The van der Waals surface area contributed by atoms with Crippen LogP contribution in [0.1, 0.15) is 36.3 Å². The maximum atomic E-state index is 11.7. The molecule has 0 unspecified atom stereocenters. The highest BCUT2D eigenvalue weighted by atomic mass is 16.5. The number of nitrogens with zero attached hydrogens (tertiary/aromatic N) is 3. The fourth-order valence-corrected chi connectivity index (χ4v) is 1.76. The zero-order chi connectivity index (χ0) is 15.8. The van der Waals surface area contributed by atoms with Crippen LogP contribution in [0.5, 0.6) is 0 Å². The molecule has 0 fully saturated rings. The molecule has 0 aliphatic carbocycles. The number of esters is 2. The molecule has 0 aliphatic heterocycles. The van der Waals surface area contributed by atoms with Gasteiger partial charge in [0.25, 0.3) is 0 Å². The molecule has 0 aliphatic rings. The Morgan fingerprint density at radius 1 is 1.33 bits per heavy atom. The van der Waals surface area contributed by atoms with Crippen LogP contribution in [0.4, 0.5) is 5.95 Å². The number of anilines is 1. The molecule has 21 heavy (non-hydrogen) atoms. The van der Waals surface area contributed by atoms with E-state index in [0.29, 0.717) is 30.4 Å². The molecule has 0 bridgehead atoms. The fraction of sp³-hybridized carbons (Fsp3) is 0.571. The van der Waals surface area contributed by atoms with Gasteiger partial charge in [-0.2, -0.15) is 0 Å². The van der Waals surface area contributed by atoms with Gasteiger partial charge in [-0.3, -0.25) is 4.79 Å². The second-order valence-electron chi connectivity index (χ2n) is 4.39. The average Bonchev–Trinajstić information content (AvgIpc) is 2.46. The Balaban J connectivity index is 2.97. The van der Waals surface area contributed by atoms with E-state index in [2.05, 4.69) is 14.7 Å². The van der Waals surface area contributed by atoms with Gasteiger partial charge < -0.3 is 14.4 Å². The summed E-state index contributed by atoms with van der Waals surface area (Å²) in [4.78, 5) is 33.3. The standard InChI is InChI=1S/C14H21N3O4/c1-5-7-17(9-12(18)20-4)14-15-8-11(10(3)16-14)13(19)21-6-2/h8H,5-7,9H2,1-4H3. The van der Waals surface area contributed by atoms with Crippen LogP contribution in [0.15, 0.2) is 6.20 Å². The number of ether oxygens (including phenoxy) is 2. The van der Waals surface area contributed by atoms with E-state index >= 15 is 0 Å². The van der Waals surface area contributed by atoms with Crippen molar-refractivity contribution in [1.29, 1.82) is 0 Å². The molecule has 1 aromatic heterocycles. The van der Waals surface area contributed by atoms with Crippen LogP contribution in [0.3, 0.4) is 0 Å². The summed E-state index contributed by atoms with van der Waals surface area (Å²) in [6.45, 7) is 6.42. The minimum atomic E-state index is -0.448. The normalized spacial score (nSPS) is 10.1. The molecule has 0 spiro atoms. The summed E-state index contributed by atoms with van der Waals surface area (Å²) in [6, 6.07) is 0. The Bertz CT molecular complexity index is 505. The Morgan fingerprint density at radius 3 is 2.57 bits per heavy atom. The number of aryl methyl sites for hydroxylation is 1. The molecule has 7 nitrogen and oxygen atoms in total. The molecule has 0 saturated carbocycles. The minimum absolute atomic E-state index is 0.0720. The van der Waals surface area contributed by atoms with Crippen molar-refractivity contribution in [2.45, 2.75) is 27.2 Å². The highest BCUT2D eigenvalue weighted by Crippen LogP contribution is 2.13. The molecular formula is C14H21N3O4. The van der Waals surface area contributed by atoms with Gasteiger partial charge in [-0.25, -0.2) is 14.8 Å². The number of methoxy groups -OCH3 is 1. The molecule has 116 valence electrons. The van der Waals surface area contributed by atoms with Crippen LogP contribution in [-0.4, -0.2) is 48.7 Å². The van der Waals surface area contributed by atoms with E-state index < -0.39 is 5.97 Å². The lowest BCUT2D eigenvalue weighted by atomic mass is 10.2. The van der Waals surface area contributed by atoms with Gasteiger partial charge >= 0.3 is 11.9 Å². The van der Waals surface area contributed by atoms with Crippen LogP contribution in [0.2, 0.25) is 0 Å². The Hall–Kier alpha value is -2.18. The van der Waals surface area contributed by atoms with Crippen molar-refractivity contribution in [3.8, 4) is 0 Å². The number of rotatable bonds is 7. The number of carbonyl (C=O) groups excluding carboxylic acids is 2. The van der Waals surface area contributed by atoms with Crippen LogP contribution in [0, 0.1) is 6.92 Å². The lowest BCUT2D eigenvalue weighted by molar-refractivity contribution is -0.139. The number of aromatic nitrogens is 2. The Kier molecular flexibility index (Phi) is 6.58. The first-order valence-electron chi connectivity index (χ1n) is 6.85. The van der Waals surface area contributed by atoms with E-state index in [9.17, 15) is 9.59 Å². The third kappa shape index (κ3) is 4.70. The van der Waals surface area contributed by atoms with Gasteiger partial charge in [0.1, 0.15) is 6.54 Å². The van der Waals surface area contributed by atoms with E-state index in [1.165, 1.54) is 13.3 Å². The van der Waals surface area contributed by atoms with Gasteiger partial charge in [0.15, 0.2) is 0 Å². The first-order chi connectivity index (χ1) is 10.0. The summed E-state index contributed by atoms with van der Waals surface area (Å²) >= 11 is 0. The summed E-state index contributed by atoms with van der Waals surface area (Å²) in [5.41, 5.74) is 0.847. The Labute approximate surface area is 124 Å². The van der Waals surface area contributed by atoms with Gasteiger partial charge in [0.05, 0.1) is 25.0 Å². The monoisotopic (exact) mass is 295 g/mol. The zero-order valence-electron chi connectivity index (χ0n) is 12.9. The Morgan fingerprint density at radius 2 is 2.05 bits per heavy atom.